The van der Waals surface area contributed by atoms with Crippen molar-refractivity contribution in [2.24, 2.45) is 5.92 Å². The summed E-state index contributed by atoms with van der Waals surface area (Å²) in [6, 6.07) is 18.9. The number of anilines is 1. The first-order chi connectivity index (χ1) is 18.5. The Balaban J connectivity index is 1.41. The zero-order valence-corrected chi connectivity index (χ0v) is 22.6. The number of nitrogens with two attached hydrogens (primary N) is 1. The number of pyridine rings is 1. The second kappa shape index (κ2) is 10.2. The fraction of sp³-hybridized carbons (Fsp3) is 0.344. The molecule has 0 bridgehead atoms. The van der Waals surface area contributed by atoms with E-state index in [4.69, 9.17) is 15.7 Å². The quantitative estimate of drug-likeness (QED) is 0.278. The molecule has 0 aliphatic heterocycles. The highest BCUT2D eigenvalue weighted by atomic mass is 15.1. The Morgan fingerprint density at radius 1 is 0.974 bits per heavy atom. The van der Waals surface area contributed by atoms with Gasteiger partial charge in [-0.15, -0.1) is 0 Å². The van der Waals surface area contributed by atoms with Gasteiger partial charge in [-0.05, 0) is 63.7 Å². The number of benzene rings is 2. The number of rotatable bonds is 6. The highest BCUT2D eigenvalue weighted by Gasteiger charge is 2.28. The van der Waals surface area contributed by atoms with Crippen LogP contribution in [0.4, 0.5) is 5.82 Å². The molecular formula is C32H36N6. The molecule has 1 saturated carbocycles. The standard InChI is InChI=1S/C32H36N6/c1-4-37(3)20-22-10-12-25(13-11-22)32-36-29(30-31(33)34-18-19-38(30)32)26-16-14-24-15-17-27(35-28(24)21(26)2)23-8-6-5-7-9-23/h5-9,14-19,22,25H,4,10-13,20H2,1-3H3,(H2,33,34). The van der Waals surface area contributed by atoms with Gasteiger partial charge < -0.3 is 10.6 Å². The molecule has 2 aromatic carbocycles. The Kier molecular flexibility index (Phi) is 6.58. The van der Waals surface area contributed by atoms with Crippen LogP contribution in [-0.2, 0) is 0 Å². The van der Waals surface area contributed by atoms with E-state index in [1.165, 1.54) is 19.4 Å². The predicted octanol–water partition coefficient (Wildman–Crippen LogP) is 6.73. The van der Waals surface area contributed by atoms with E-state index in [0.717, 1.165) is 75.6 Å². The number of nitrogens with zero attached hydrogens (tertiary/aromatic N) is 5. The van der Waals surface area contributed by atoms with Crippen LogP contribution in [0.3, 0.4) is 0 Å². The lowest BCUT2D eigenvalue weighted by atomic mass is 9.81. The highest BCUT2D eigenvalue weighted by Crippen LogP contribution is 2.40. The van der Waals surface area contributed by atoms with Crippen LogP contribution in [0.5, 0.6) is 0 Å². The number of hydrogen-bond donors (Lipinski definition) is 1. The van der Waals surface area contributed by atoms with Gasteiger partial charge >= 0.3 is 0 Å². The van der Waals surface area contributed by atoms with Crippen LogP contribution in [0, 0.1) is 12.8 Å². The Bertz CT molecular complexity index is 1580. The lowest BCUT2D eigenvalue weighted by molar-refractivity contribution is 0.228. The molecule has 1 fully saturated rings. The summed E-state index contributed by atoms with van der Waals surface area (Å²) in [6.45, 7) is 6.66. The third-order valence-corrected chi connectivity index (χ3v) is 8.37. The molecule has 1 aliphatic carbocycles. The van der Waals surface area contributed by atoms with Gasteiger partial charge in [-0.1, -0.05) is 55.5 Å². The van der Waals surface area contributed by atoms with E-state index in [1.807, 2.05) is 12.3 Å². The SMILES string of the molecule is CCN(C)CC1CCC(c2nc(-c3ccc4ccc(-c5ccccc5)nc4c3C)c3c(N)nccn23)CC1. The monoisotopic (exact) mass is 504 g/mol. The Morgan fingerprint density at radius 2 is 1.74 bits per heavy atom. The van der Waals surface area contributed by atoms with Crippen LogP contribution < -0.4 is 5.73 Å². The van der Waals surface area contributed by atoms with E-state index in [-0.39, 0.29) is 0 Å². The van der Waals surface area contributed by atoms with Crippen molar-refractivity contribution in [1.29, 1.82) is 0 Å². The van der Waals surface area contributed by atoms with Crippen molar-refractivity contribution in [3.05, 3.63) is 78.4 Å². The number of hydrogen-bond acceptors (Lipinski definition) is 5. The fourth-order valence-electron chi connectivity index (χ4n) is 6.09. The number of nitrogen functional groups attached to an aromatic ring is 1. The molecule has 0 atom stereocenters. The van der Waals surface area contributed by atoms with Crippen LogP contribution in [-0.4, -0.2) is 44.4 Å². The summed E-state index contributed by atoms with van der Waals surface area (Å²) in [7, 11) is 2.22. The molecule has 0 spiro atoms. The molecule has 1 aliphatic rings. The minimum atomic E-state index is 0.421. The second-order valence-corrected chi connectivity index (χ2v) is 10.8. The predicted molar refractivity (Wildman–Crippen MR) is 156 cm³/mol. The number of aromatic nitrogens is 4. The summed E-state index contributed by atoms with van der Waals surface area (Å²) < 4.78 is 2.19. The van der Waals surface area contributed by atoms with Crippen LogP contribution in [0.2, 0.25) is 0 Å². The van der Waals surface area contributed by atoms with E-state index in [9.17, 15) is 0 Å². The first-order valence-corrected chi connectivity index (χ1v) is 13.8. The Labute approximate surface area is 224 Å². The van der Waals surface area contributed by atoms with Gasteiger partial charge in [0.05, 0.1) is 11.2 Å². The molecule has 2 N–H and O–H groups in total. The average Bonchev–Trinajstić information content (AvgIpc) is 3.34. The molecule has 3 aromatic heterocycles. The summed E-state index contributed by atoms with van der Waals surface area (Å²) in [5, 5.41) is 1.12. The lowest BCUT2D eigenvalue weighted by Crippen LogP contribution is -2.28. The normalized spacial score (nSPS) is 18.0. The summed E-state index contributed by atoms with van der Waals surface area (Å²) in [5.74, 6) is 2.81. The third-order valence-electron chi connectivity index (χ3n) is 8.37. The maximum atomic E-state index is 6.50. The van der Waals surface area contributed by atoms with Crippen molar-refractivity contribution in [2.75, 3.05) is 25.9 Å². The molecule has 6 rings (SSSR count). The highest BCUT2D eigenvalue weighted by molar-refractivity contribution is 5.94. The van der Waals surface area contributed by atoms with Gasteiger partial charge in [0.2, 0.25) is 0 Å². The minimum absolute atomic E-state index is 0.421. The first-order valence-electron chi connectivity index (χ1n) is 13.8. The molecule has 38 heavy (non-hydrogen) atoms. The smallest absolute Gasteiger partial charge is 0.150 e. The Morgan fingerprint density at radius 3 is 2.50 bits per heavy atom. The van der Waals surface area contributed by atoms with E-state index in [1.54, 1.807) is 6.20 Å². The largest absolute Gasteiger partial charge is 0.382 e. The van der Waals surface area contributed by atoms with Crippen molar-refractivity contribution < 1.29 is 0 Å². The van der Waals surface area contributed by atoms with Crippen molar-refractivity contribution in [3.8, 4) is 22.5 Å². The molecule has 5 aromatic rings. The van der Waals surface area contributed by atoms with Gasteiger partial charge in [-0.3, -0.25) is 4.40 Å². The van der Waals surface area contributed by atoms with Crippen LogP contribution in [0.15, 0.2) is 67.0 Å². The van der Waals surface area contributed by atoms with Crippen LogP contribution >= 0.6 is 0 Å². The molecule has 6 nitrogen and oxygen atoms in total. The van der Waals surface area contributed by atoms with Gasteiger partial charge in [0.15, 0.2) is 0 Å². The van der Waals surface area contributed by atoms with Crippen molar-refractivity contribution in [2.45, 2.75) is 45.4 Å². The van der Waals surface area contributed by atoms with Gasteiger partial charge in [-0.2, -0.15) is 0 Å². The molecule has 194 valence electrons. The molecule has 0 radical (unpaired) electrons. The van der Waals surface area contributed by atoms with E-state index in [0.29, 0.717) is 11.7 Å². The molecule has 0 amide bonds. The van der Waals surface area contributed by atoms with Crippen molar-refractivity contribution >= 4 is 22.2 Å². The molecule has 6 heteroatoms. The van der Waals surface area contributed by atoms with Gasteiger partial charge in [-0.25, -0.2) is 15.0 Å². The topological polar surface area (TPSA) is 72.3 Å². The molecule has 0 saturated heterocycles. The Hall–Kier alpha value is -3.77. The van der Waals surface area contributed by atoms with Gasteiger partial charge in [0.25, 0.3) is 0 Å². The summed E-state index contributed by atoms with van der Waals surface area (Å²) in [6.07, 6.45) is 8.60. The fourth-order valence-corrected chi connectivity index (χ4v) is 6.09. The van der Waals surface area contributed by atoms with E-state index >= 15 is 0 Å². The number of imidazole rings is 1. The summed E-state index contributed by atoms with van der Waals surface area (Å²) in [4.78, 5) is 17.3. The zero-order chi connectivity index (χ0) is 26.2. The second-order valence-electron chi connectivity index (χ2n) is 10.8. The zero-order valence-electron chi connectivity index (χ0n) is 22.6. The molecular weight excluding hydrogens is 468 g/mol. The first kappa shape index (κ1) is 24.6. The summed E-state index contributed by atoms with van der Waals surface area (Å²) in [5.41, 5.74) is 13.6. The number of fused-ring (bicyclic) bond motifs is 2. The van der Waals surface area contributed by atoms with Crippen LogP contribution in [0.25, 0.3) is 38.9 Å². The minimum Gasteiger partial charge on any atom is -0.382 e. The van der Waals surface area contributed by atoms with Crippen LogP contribution in [0.1, 0.15) is 49.9 Å². The molecule has 3 heterocycles. The van der Waals surface area contributed by atoms with Crippen molar-refractivity contribution in [1.82, 2.24) is 24.3 Å². The lowest BCUT2D eigenvalue weighted by Gasteiger charge is -2.30. The average molecular weight is 505 g/mol. The maximum Gasteiger partial charge on any atom is 0.150 e. The van der Waals surface area contributed by atoms with Gasteiger partial charge in [0.1, 0.15) is 22.9 Å². The van der Waals surface area contributed by atoms with Gasteiger partial charge in [0, 0.05) is 41.4 Å². The van der Waals surface area contributed by atoms with Crippen molar-refractivity contribution in [3.63, 3.8) is 0 Å². The summed E-state index contributed by atoms with van der Waals surface area (Å²) >= 11 is 0. The van der Waals surface area contributed by atoms with E-state index < -0.39 is 0 Å². The third kappa shape index (κ3) is 4.43. The number of aryl methyl sites for hydroxylation is 1. The maximum absolute atomic E-state index is 6.50. The van der Waals surface area contributed by atoms with E-state index in [2.05, 4.69) is 83.7 Å². The molecule has 0 unspecified atom stereocenters.